The van der Waals surface area contributed by atoms with Crippen LogP contribution in [0, 0.1) is 6.92 Å². The van der Waals surface area contributed by atoms with Crippen LogP contribution in [0.4, 0.5) is 18.0 Å². The summed E-state index contributed by atoms with van der Waals surface area (Å²) in [5.41, 5.74) is -0.305. The summed E-state index contributed by atoms with van der Waals surface area (Å²) >= 11 is 0. The third-order valence-corrected chi connectivity index (χ3v) is 3.85. The van der Waals surface area contributed by atoms with Crippen molar-refractivity contribution < 1.29 is 41.5 Å². The summed E-state index contributed by atoms with van der Waals surface area (Å²) < 4.78 is 48.0. The van der Waals surface area contributed by atoms with Crippen LogP contribution in [0.1, 0.15) is 29.9 Å². The molecule has 2 heterocycles. The first kappa shape index (κ1) is 19.4. The molecule has 0 aliphatic carbocycles. The number of hydrogen-bond acceptors (Lipinski definition) is 7. The second kappa shape index (κ2) is 7.33. The fourth-order valence-electron chi connectivity index (χ4n) is 2.37. The van der Waals surface area contributed by atoms with Gasteiger partial charge in [-0.05, 0) is 31.2 Å². The number of aryl methyl sites for hydroxylation is 1. The molecule has 148 valence electrons. The molecule has 0 N–H and O–H groups in total. The Kier molecular flexibility index (Phi) is 5.08. The van der Waals surface area contributed by atoms with E-state index in [1.54, 1.807) is 0 Å². The van der Waals surface area contributed by atoms with Crippen molar-refractivity contribution in [3.05, 3.63) is 41.3 Å². The smallest absolute Gasteiger partial charge is 0.441 e. The lowest BCUT2D eigenvalue weighted by molar-refractivity contribution is -0.177. The number of rotatable bonds is 4. The van der Waals surface area contributed by atoms with Crippen LogP contribution in [-0.2, 0) is 31.9 Å². The van der Waals surface area contributed by atoms with Crippen molar-refractivity contribution in [3.63, 3.8) is 0 Å². The van der Waals surface area contributed by atoms with Crippen LogP contribution in [0.5, 0.6) is 0 Å². The van der Waals surface area contributed by atoms with Crippen LogP contribution in [0.2, 0.25) is 0 Å². The van der Waals surface area contributed by atoms with Gasteiger partial charge in [-0.25, -0.2) is 9.78 Å². The van der Waals surface area contributed by atoms with Crippen molar-refractivity contribution in [2.24, 2.45) is 0 Å². The predicted octanol–water partition coefficient (Wildman–Crippen LogP) is 3.39. The van der Waals surface area contributed by atoms with E-state index in [1.165, 1.54) is 19.1 Å². The van der Waals surface area contributed by atoms with Crippen molar-refractivity contribution >= 4 is 18.0 Å². The highest BCUT2D eigenvalue weighted by Gasteiger charge is 2.33. The lowest BCUT2D eigenvalue weighted by Crippen LogP contribution is -2.32. The molecule has 1 aliphatic heterocycles. The zero-order chi connectivity index (χ0) is 20.5. The molecule has 1 fully saturated rings. The molecular formula is C17H13F3N2O6. The van der Waals surface area contributed by atoms with Gasteiger partial charge in [0, 0.05) is 18.4 Å². The quantitative estimate of drug-likeness (QED) is 0.575. The summed E-state index contributed by atoms with van der Waals surface area (Å²) in [6.45, 7) is 1.14. The monoisotopic (exact) mass is 398 g/mol. The largest absolute Gasteiger partial charge is 0.534 e. The first-order chi connectivity index (χ1) is 13.1. The summed E-state index contributed by atoms with van der Waals surface area (Å²) in [5.74, 6) is -0.979. The molecule has 0 unspecified atom stereocenters. The van der Waals surface area contributed by atoms with E-state index in [4.69, 9.17) is 9.15 Å². The number of benzene rings is 1. The topological polar surface area (TPSA) is 98.9 Å². The van der Waals surface area contributed by atoms with E-state index < -0.39 is 29.7 Å². The molecule has 2 aromatic rings. The lowest BCUT2D eigenvalue weighted by Gasteiger charge is -2.11. The highest BCUT2D eigenvalue weighted by molar-refractivity contribution is 6.01. The Labute approximate surface area is 155 Å². The number of alkyl halides is 3. The number of hydrogen-bond donors (Lipinski definition) is 0. The van der Waals surface area contributed by atoms with Crippen molar-refractivity contribution in [1.29, 1.82) is 0 Å². The number of carbonyl (C=O) groups is 3. The first-order valence-corrected chi connectivity index (χ1v) is 7.99. The van der Waals surface area contributed by atoms with Gasteiger partial charge in [-0.15, -0.1) is 0 Å². The van der Waals surface area contributed by atoms with E-state index in [0.29, 0.717) is 10.6 Å². The van der Waals surface area contributed by atoms with Gasteiger partial charge in [-0.3, -0.25) is 14.4 Å². The normalized spacial score (nSPS) is 14.5. The molecular weight excluding hydrogens is 385 g/mol. The molecule has 0 spiro atoms. The Morgan fingerprint density at radius 3 is 2.36 bits per heavy atom. The third-order valence-electron chi connectivity index (χ3n) is 3.85. The van der Waals surface area contributed by atoms with Crippen LogP contribution in [-0.4, -0.2) is 28.0 Å². The molecule has 1 aliphatic rings. The molecule has 3 rings (SSSR count). The van der Waals surface area contributed by atoms with Crippen LogP contribution in [0.15, 0.2) is 28.7 Å². The number of imide groups is 1. The molecule has 1 aromatic heterocycles. The van der Waals surface area contributed by atoms with Gasteiger partial charge in [-0.2, -0.15) is 13.2 Å². The number of hydroxylamine groups is 2. The molecule has 11 heteroatoms. The van der Waals surface area contributed by atoms with E-state index in [2.05, 4.69) is 9.82 Å². The fraction of sp³-hybridized carbons (Fsp3) is 0.294. The van der Waals surface area contributed by atoms with Gasteiger partial charge in [0.05, 0.1) is 5.56 Å². The summed E-state index contributed by atoms with van der Waals surface area (Å²) in [7, 11) is 0. The van der Waals surface area contributed by atoms with E-state index in [0.717, 1.165) is 12.1 Å². The zero-order valence-corrected chi connectivity index (χ0v) is 14.4. The second-order valence-corrected chi connectivity index (χ2v) is 5.81. The Balaban J connectivity index is 1.63. The van der Waals surface area contributed by atoms with Crippen molar-refractivity contribution in [3.8, 4) is 11.5 Å². The van der Waals surface area contributed by atoms with Gasteiger partial charge in [0.15, 0.2) is 0 Å². The van der Waals surface area contributed by atoms with E-state index in [9.17, 15) is 27.6 Å². The summed E-state index contributed by atoms with van der Waals surface area (Å²) in [5, 5.41) is 0.339. The Morgan fingerprint density at radius 1 is 1.18 bits per heavy atom. The van der Waals surface area contributed by atoms with Crippen LogP contribution < -0.4 is 0 Å². The zero-order valence-electron chi connectivity index (χ0n) is 14.4. The SMILES string of the molecule is Cc1oc(-c2ccc(C(F)(F)F)cc2)nc1COC(=O)ON1C(=O)CCC1=O. The van der Waals surface area contributed by atoms with Crippen LogP contribution >= 0.6 is 0 Å². The number of oxazole rings is 1. The Bertz CT molecular complexity index is 904. The van der Waals surface area contributed by atoms with Crippen molar-refractivity contribution in [2.45, 2.75) is 32.5 Å². The highest BCUT2D eigenvalue weighted by atomic mass is 19.4. The number of carbonyl (C=O) groups excluding carboxylic acids is 3. The molecule has 1 aromatic carbocycles. The maximum atomic E-state index is 12.6. The molecule has 1 saturated heterocycles. The molecule has 0 bridgehead atoms. The lowest BCUT2D eigenvalue weighted by atomic mass is 10.1. The van der Waals surface area contributed by atoms with E-state index >= 15 is 0 Å². The van der Waals surface area contributed by atoms with Crippen LogP contribution in [0.3, 0.4) is 0 Å². The molecule has 0 radical (unpaired) electrons. The second-order valence-electron chi connectivity index (χ2n) is 5.81. The number of nitrogens with zero attached hydrogens (tertiary/aromatic N) is 2. The highest BCUT2D eigenvalue weighted by Crippen LogP contribution is 2.31. The minimum absolute atomic E-state index is 0.0445. The average molecular weight is 398 g/mol. The number of amides is 2. The minimum Gasteiger partial charge on any atom is -0.441 e. The van der Waals surface area contributed by atoms with Gasteiger partial charge in [-0.1, -0.05) is 5.06 Å². The Morgan fingerprint density at radius 2 is 1.79 bits per heavy atom. The average Bonchev–Trinajstić information content (AvgIpc) is 3.16. The van der Waals surface area contributed by atoms with Crippen LogP contribution in [0.25, 0.3) is 11.5 Å². The number of aromatic nitrogens is 1. The molecule has 28 heavy (non-hydrogen) atoms. The first-order valence-electron chi connectivity index (χ1n) is 7.99. The standard InChI is InChI=1S/C17H13F3N2O6/c1-9-12(8-26-16(25)28-22-13(23)6-7-14(22)24)21-15(27-9)10-2-4-11(5-3-10)17(18,19)20/h2-5H,6-8H2,1H3. The van der Waals surface area contributed by atoms with Gasteiger partial charge >= 0.3 is 12.3 Å². The van der Waals surface area contributed by atoms with E-state index in [1.807, 2.05) is 0 Å². The molecule has 0 saturated carbocycles. The summed E-state index contributed by atoms with van der Waals surface area (Å²) in [6.07, 6.45) is -5.83. The summed E-state index contributed by atoms with van der Waals surface area (Å²) in [4.78, 5) is 43.0. The maximum Gasteiger partial charge on any atom is 0.534 e. The molecule has 2 amide bonds. The Hall–Kier alpha value is -3.37. The number of halogens is 3. The molecule has 8 nitrogen and oxygen atoms in total. The molecule has 0 atom stereocenters. The maximum absolute atomic E-state index is 12.6. The van der Waals surface area contributed by atoms with Gasteiger partial charge < -0.3 is 9.15 Å². The third kappa shape index (κ3) is 4.13. The van der Waals surface area contributed by atoms with Crippen molar-refractivity contribution in [1.82, 2.24) is 10.0 Å². The fourth-order valence-corrected chi connectivity index (χ4v) is 2.37. The van der Waals surface area contributed by atoms with Crippen molar-refractivity contribution in [2.75, 3.05) is 0 Å². The minimum atomic E-state index is -4.46. The van der Waals surface area contributed by atoms with Gasteiger partial charge in [0.25, 0.3) is 11.8 Å². The number of ether oxygens (including phenoxy) is 1. The summed E-state index contributed by atoms with van der Waals surface area (Å²) in [6, 6.07) is 4.20. The van der Waals surface area contributed by atoms with E-state index in [-0.39, 0.29) is 36.8 Å². The van der Waals surface area contributed by atoms with Gasteiger partial charge in [0.1, 0.15) is 18.1 Å². The predicted molar refractivity (Wildman–Crippen MR) is 84.0 cm³/mol. The van der Waals surface area contributed by atoms with Gasteiger partial charge in [0.2, 0.25) is 5.89 Å².